The van der Waals surface area contributed by atoms with E-state index in [1.807, 2.05) is 0 Å². The average Bonchev–Trinajstić information content (AvgIpc) is 2.29. The van der Waals surface area contributed by atoms with Gasteiger partial charge in [-0.25, -0.2) is 0 Å². The predicted octanol–water partition coefficient (Wildman–Crippen LogP) is 3.27. The fourth-order valence-corrected chi connectivity index (χ4v) is 2.99. The third-order valence-corrected chi connectivity index (χ3v) is 4.07. The first-order valence-corrected chi connectivity index (χ1v) is 7.55. The predicted molar refractivity (Wildman–Crippen MR) is 76.4 cm³/mol. The number of rotatable bonds is 6. The molecule has 1 saturated heterocycles. The highest BCUT2D eigenvalue weighted by molar-refractivity contribution is 4.85. The molecule has 2 heteroatoms. The van der Waals surface area contributed by atoms with Gasteiger partial charge in [-0.1, -0.05) is 41.0 Å². The second-order valence-corrected chi connectivity index (χ2v) is 6.17. The average molecular weight is 240 g/mol. The van der Waals surface area contributed by atoms with Crippen molar-refractivity contribution in [2.24, 2.45) is 5.92 Å². The second kappa shape index (κ2) is 7.38. The van der Waals surface area contributed by atoms with Crippen LogP contribution in [0.5, 0.6) is 0 Å². The van der Waals surface area contributed by atoms with Crippen molar-refractivity contribution in [3.8, 4) is 0 Å². The van der Waals surface area contributed by atoms with Gasteiger partial charge in [-0.15, -0.1) is 0 Å². The number of nitrogens with one attached hydrogen (secondary N) is 1. The van der Waals surface area contributed by atoms with E-state index in [1.54, 1.807) is 0 Å². The van der Waals surface area contributed by atoms with Gasteiger partial charge in [-0.05, 0) is 31.7 Å². The summed E-state index contributed by atoms with van der Waals surface area (Å²) in [6, 6.07) is 2.13. The lowest BCUT2D eigenvalue weighted by atomic mass is 9.93. The smallest absolute Gasteiger partial charge is 0.0246 e. The van der Waals surface area contributed by atoms with Crippen molar-refractivity contribution < 1.29 is 0 Å². The van der Waals surface area contributed by atoms with E-state index in [0.29, 0.717) is 12.1 Å². The topological polar surface area (TPSA) is 15.3 Å². The van der Waals surface area contributed by atoms with Gasteiger partial charge in [0.05, 0.1) is 0 Å². The van der Waals surface area contributed by atoms with E-state index in [-0.39, 0.29) is 0 Å². The van der Waals surface area contributed by atoms with E-state index in [0.717, 1.165) is 18.5 Å². The lowest BCUT2D eigenvalue weighted by Crippen LogP contribution is -2.53. The van der Waals surface area contributed by atoms with Crippen molar-refractivity contribution in [1.29, 1.82) is 0 Å². The first-order chi connectivity index (χ1) is 8.06. The Morgan fingerprint density at radius 1 is 1.18 bits per heavy atom. The van der Waals surface area contributed by atoms with Crippen LogP contribution in [-0.4, -0.2) is 36.1 Å². The first-order valence-electron chi connectivity index (χ1n) is 7.55. The van der Waals surface area contributed by atoms with Gasteiger partial charge >= 0.3 is 0 Å². The van der Waals surface area contributed by atoms with Crippen molar-refractivity contribution in [2.75, 3.05) is 13.1 Å². The molecule has 0 radical (unpaired) electrons. The van der Waals surface area contributed by atoms with E-state index in [1.165, 1.54) is 32.2 Å². The van der Waals surface area contributed by atoms with Gasteiger partial charge in [0.25, 0.3) is 0 Å². The highest BCUT2D eigenvalue weighted by atomic mass is 15.2. The van der Waals surface area contributed by atoms with Crippen LogP contribution in [0, 0.1) is 5.92 Å². The van der Waals surface area contributed by atoms with E-state index < -0.39 is 0 Å². The zero-order valence-electron chi connectivity index (χ0n) is 12.5. The Hall–Kier alpha value is -0.0800. The Morgan fingerprint density at radius 3 is 2.41 bits per heavy atom. The fraction of sp³-hybridized carbons (Fsp3) is 1.00. The third-order valence-electron chi connectivity index (χ3n) is 4.07. The number of piperidine rings is 1. The Morgan fingerprint density at radius 2 is 1.88 bits per heavy atom. The summed E-state index contributed by atoms with van der Waals surface area (Å²) in [6.07, 6.45) is 5.53. The normalized spacial score (nSPS) is 24.5. The van der Waals surface area contributed by atoms with Crippen LogP contribution in [0.2, 0.25) is 0 Å². The molecule has 102 valence electrons. The summed E-state index contributed by atoms with van der Waals surface area (Å²) in [4.78, 5) is 2.78. The molecule has 0 bridgehead atoms. The number of hydrogen-bond donors (Lipinski definition) is 1. The highest BCUT2D eigenvalue weighted by Gasteiger charge is 2.29. The van der Waals surface area contributed by atoms with E-state index in [9.17, 15) is 0 Å². The molecular formula is C15H32N2. The molecule has 2 atom stereocenters. The van der Waals surface area contributed by atoms with Crippen LogP contribution in [0.25, 0.3) is 0 Å². The van der Waals surface area contributed by atoms with Crippen molar-refractivity contribution in [3.63, 3.8) is 0 Å². The van der Waals surface area contributed by atoms with Gasteiger partial charge in [0, 0.05) is 24.7 Å². The summed E-state index contributed by atoms with van der Waals surface area (Å²) in [5.41, 5.74) is 0. The molecule has 2 unspecified atom stereocenters. The molecule has 1 aliphatic rings. The van der Waals surface area contributed by atoms with Crippen molar-refractivity contribution in [2.45, 2.75) is 78.4 Å². The minimum Gasteiger partial charge on any atom is -0.313 e. The Kier molecular flexibility index (Phi) is 6.50. The van der Waals surface area contributed by atoms with Gasteiger partial charge in [-0.3, -0.25) is 4.90 Å². The molecule has 0 spiro atoms. The monoisotopic (exact) mass is 240 g/mol. The van der Waals surface area contributed by atoms with Gasteiger partial charge in [0.1, 0.15) is 0 Å². The van der Waals surface area contributed by atoms with Crippen LogP contribution in [0.4, 0.5) is 0 Å². The molecule has 1 fully saturated rings. The molecule has 1 aliphatic heterocycles. The maximum absolute atomic E-state index is 3.63. The molecular weight excluding hydrogens is 208 g/mol. The summed E-state index contributed by atoms with van der Waals surface area (Å²) >= 11 is 0. The van der Waals surface area contributed by atoms with Crippen LogP contribution in [-0.2, 0) is 0 Å². The summed E-state index contributed by atoms with van der Waals surface area (Å²) in [5.74, 6) is 0.744. The summed E-state index contributed by atoms with van der Waals surface area (Å²) < 4.78 is 0. The van der Waals surface area contributed by atoms with Crippen LogP contribution < -0.4 is 5.32 Å². The number of nitrogens with zero attached hydrogens (tertiary/aromatic N) is 1. The molecule has 0 aromatic rings. The van der Waals surface area contributed by atoms with E-state index >= 15 is 0 Å². The SMILES string of the molecule is CCC1CCCCN1C(CNC(C)C)C(C)C. The van der Waals surface area contributed by atoms with Crippen LogP contribution in [0.15, 0.2) is 0 Å². The Bertz CT molecular complexity index is 201. The van der Waals surface area contributed by atoms with Gasteiger partial charge in [0.15, 0.2) is 0 Å². The largest absolute Gasteiger partial charge is 0.313 e. The summed E-state index contributed by atoms with van der Waals surface area (Å²) in [6.45, 7) is 14.0. The molecule has 1 rings (SSSR count). The van der Waals surface area contributed by atoms with E-state index in [2.05, 4.69) is 44.8 Å². The molecule has 1 N–H and O–H groups in total. The second-order valence-electron chi connectivity index (χ2n) is 6.17. The van der Waals surface area contributed by atoms with Crippen molar-refractivity contribution in [3.05, 3.63) is 0 Å². The van der Waals surface area contributed by atoms with E-state index in [4.69, 9.17) is 0 Å². The minimum atomic E-state index is 0.598. The maximum atomic E-state index is 3.63. The minimum absolute atomic E-state index is 0.598. The molecule has 0 aromatic heterocycles. The number of likely N-dealkylation sites (tertiary alicyclic amines) is 1. The maximum Gasteiger partial charge on any atom is 0.0246 e. The Balaban J connectivity index is 2.60. The molecule has 0 amide bonds. The van der Waals surface area contributed by atoms with Crippen LogP contribution >= 0.6 is 0 Å². The zero-order chi connectivity index (χ0) is 12.8. The van der Waals surface area contributed by atoms with Gasteiger partial charge in [0.2, 0.25) is 0 Å². The third kappa shape index (κ3) is 4.59. The molecule has 1 heterocycles. The van der Waals surface area contributed by atoms with Crippen molar-refractivity contribution >= 4 is 0 Å². The van der Waals surface area contributed by atoms with Crippen molar-refractivity contribution in [1.82, 2.24) is 10.2 Å². The van der Waals surface area contributed by atoms with Gasteiger partial charge in [-0.2, -0.15) is 0 Å². The fourth-order valence-electron chi connectivity index (χ4n) is 2.99. The molecule has 0 aromatic carbocycles. The zero-order valence-corrected chi connectivity index (χ0v) is 12.5. The highest BCUT2D eigenvalue weighted by Crippen LogP contribution is 2.24. The quantitative estimate of drug-likeness (QED) is 0.766. The lowest BCUT2D eigenvalue weighted by Gasteiger charge is -2.43. The molecule has 2 nitrogen and oxygen atoms in total. The number of hydrogen-bond acceptors (Lipinski definition) is 2. The molecule has 0 aliphatic carbocycles. The lowest BCUT2D eigenvalue weighted by molar-refractivity contribution is 0.0654. The van der Waals surface area contributed by atoms with Crippen LogP contribution in [0.3, 0.4) is 0 Å². The van der Waals surface area contributed by atoms with Crippen LogP contribution in [0.1, 0.15) is 60.3 Å². The molecule has 17 heavy (non-hydrogen) atoms. The molecule has 0 saturated carbocycles. The standard InChI is InChI=1S/C15H32N2/c1-6-14-9-7-8-10-17(14)15(12(2)3)11-16-13(4)5/h12-16H,6-11H2,1-5H3. The summed E-state index contributed by atoms with van der Waals surface area (Å²) in [7, 11) is 0. The summed E-state index contributed by atoms with van der Waals surface area (Å²) in [5, 5.41) is 3.63. The first kappa shape index (κ1) is 15.0. The Labute approximate surface area is 108 Å². The van der Waals surface area contributed by atoms with Gasteiger partial charge < -0.3 is 5.32 Å².